The molecule has 0 fully saturated rings. The van der Waals surface area contributed by atoms with E-state index in [1.165, 1.54) is 29.0 Å². The fourth-order valence-corrected chi connectivity index (χ4v) is 8.10. The molecule has 0 saturated heterocycles. The third-order valence-corrected chi connectivity index (χ3v) is 9.76. The summed E-state index contributed by atoms with van der Waals surface area (Å²) >= 11 is 8.68. The quantitative estimate of drug-likeness (QED) is 0.190. The van der Waals surface area contributed by atoms with E-state index >= 15 is 0 Å². The Morgan fingerprint density at radius 3 is 2.43 bits per heavy atom. The van der Waals surface area contributed by atoms with Crippen LogP contribution in [0.4, 0.5) is 4.39 Å². The van der Waals surface area contributed by atoms with Crippen LogP contribution in [-0.2, 0) is 13.0 Å². The van der Waals surface area contributed by atoms with Crippen molar-refractivity contribution in [1.82, 2.24) is 4.57 Å². The first kappa shape index (κ1) is 27.3. The molecule has 1 atom stereocenters. The van der Waals surface area contributed by atoms with Gasteiger partial charge in [0.05, 0.1) is 25.2 Å². The van der Waals surface area contributed by atoms with E-state index in [2.05, 4.69) is 44.0 Å². The van der Waals surface area contributed by atoms with E-state index in [-0.39, 0.29) is 17.4 Å². The molecule has 0 amide bonds. The Morgan fingerprint density at radius 1 is 0.952 bits per heavy atom. The minimum Gasteiger partial charge on any atom is -0.487 e. The van der Waals surface area contributed by atoms with Crippen molar-refractivity contribution in [3.8, 4) is 5.75 Å². The van der Waals surface area contributed by atoms with Crippen molar-refractivity contribution in [3.05, 3.63) is 159 Å². The Morgan fingerprint density at radius 2 is 1.67 bits per heavy atom. The van der Waals surface area contributed by atoms with Crippen LogP contribution in [0.1, 0.15) is 40.3 Å². The Labute approximate surface area is 262 Å². The number of benzene rings is 4. The van der Waals surface area contributed by atoms with Crippen molar-refractivity contribution in [2.45, 2.75) is 25.5 Å². The van der Waals surface area contributed by atoms with Crippen molar-refractivity contribution < 1.29 is 9.13 Å². The maximum atomic E-state index is 14.0. The molecule has 5 aromatic rings. The summed E-state index contributed by atoms with van der Waals surface area (Å²) in [5, 5.41) is 0. The molecule has 1 unspecified atom stereocenters. The predicted molar refractivity (Wildman–Crippen MR) is 172 cm³/mol. The highest BCUT2D eigenvalue weighted by Crippen LogP contribution is 2.41. The lowest BCUT2D eigenvalue weighted by Crippen LogP contribution is -2.38. The first-order valence-electron chi connectivity index (χ1n) is 13.5. The van der Waals surface area contributed by atoms with Gasteiger partial charge in [0.1, 0.15) is 18.2 Å². The highest BCUT2D eigenvalue weighted by molar-refractivity contribution is 9.11. The normalized spacial score (nSPS) is 16.0. The molecule has 42 heavy (non-hydrogen) atoms. The number of nitrogens with zero attached hydrogens (tertiary/aromatic N) is 2. The largest absolute Gasteiger partial charge is 0.487 e. The molecule has 0 radical (unpaired) electrons. The molecule has 0 spiro atoms. The monoisotopic (exact) mass is 700 g/mol. The van der Waals surface area contributed by atoms with Gasteiger partial charge in [0.25, 0.3) is 5.56 Å². The molecule has 0 N–H and O–H groups in total. The standard InChI is InChI=1S/C34H23Br2FN2O2S/c35-27-16-21(17-28(36)32(27)41-19-20-6-2-1-3-7-20)18-29-33(40)39-31(23-10-13-24(37)14-11-23)26-15-12-22-8-4-5-9-25(22)30(26)38-34(39)42-29/h1-11,13-14,16-18,31H,12,15,19H2. The zero-order valence-corrected chi connectivity index (χ0v) is 26.2. The molecule has 0 bridgehead atoms. The minimum absolute atomic E-state index is 0.116. The number of hydrogen-bond acceptors (Lipinski definition) is 4. The van der Waals surface area contributed by atoms with Crippen molar-refractivity contribution in [3.63, 3.8) is 0 Å². The summed E-state index contributed by atoms with van der Waals surface area (Å²) in [7, 11) is 0. The minimum atomic E-state index is -0.348. The van der Waals surface area contributed by atoms with Gasteiger partial charge in [0.15, 0.2) is 4.80 Å². The number of thiazole rings is 1. The molecule has 4 aromatic carbocycles. The molecule has 8 heteroatoms. The molecule has 7 rings (SSSR count). The Kier molecular flexibility index (Phi) is 7.30. The number of hydrogen-bond donors (Lipinski definition) is 0. The Balaban J connectivity index is 1.33. The third-order valence-electron chi connectivity index (χ3n) is 7.60. The first-order valence-corrected chi connectivity index (χ1v) is 15.9. The van der Waals surface area contributed by atoms with E-state index in [0.717, 1.165) is 55.3 Å². The molecule has 1 aliphatic carbocycles. The van der Waals surface area contributed by atoms with E-state index in [9.17, 15) is 9.18 Å². The molecular weight excluding hydrogens is 679 g/mol. The second-order valence-electron chi connectivity index (χ2n) is 10.3. The van der Waals surface area contributed by atoms with Gasteiger partial charge in [0.2, 0.25) is 0 Å². The SMILES string of the molecule is O=c1c(=Cc2cc(Br)c(OCc3ccccc3)c(Br)c2)sc2n1C(c1ccc(F)cc1)C1=C(N=2)c2ccccc2CC1. The fraction of sp³-hybridized carbons (Fsp3) is 0.118. The molecule has 208 valence electrons. The van der Waals surface area contributed by atoms with Crippen LogP contribution in [0.2, 0.25) is 0 Å². The number of allylic oxidation sites excluding steroid dienone is 1. The van der Waals surface area contributed by atoms with Crippen molar-refractivity contribution in [1.29, 1.82) is 0 Å². The fourth-order valence-electron chi connectivity index (χ4n) is 5.65. The Bertz CT molecular complexity index is 2030. The van der Waals surface area contributed by atoms with Crippen LogP contribution in [0, 0.1) is 5.82 Å². The lowest BCUT2D eigenvalue weighted by molar-refractivity contribution is 0.302. The Hall–Kier alpha value is -3.59. The van der Waals surface area contributed by atoms with E-state index in [1.807, 2.05) is 60.7 Å². The summed E-state index contributed by atoms with van der Waals surface area (Å²) in [5.74, 6) is 0.391. The number of fused-ring (bicyclic) bond motifs is 3. The van der Waals surface area contributed by atoms with Gasteiger partial charge < -0.3 is 4.74 Å². The predicted octanol–water partition coefficient (Wildman–Crippen LogP) is 7.56. The highest BCUT2D eigenvalue weighted by Gasteiger charge is 2.32. The third kappa shape index (κ3) is 5.02. The summed E-state index contributed by atoms with van der Waals surface area (Å²) in [6.07, 6.45) is 3.54. The van der Waals surface area contributed by atoms with E-state index in [4.69, 9.17) is 9.73 Å². The second kappa shape index (κ2) is 11.2. The number of rotatable bonds is 5. The smallest absolute Gasteiger partial charge is 0.271 e. The molecule has 2 heterocycles. The van der Waals surface area contributed by atoms with Crippen LogP contribution < -0.4 is 19.6 Å². The zero-order valence-electron chi connectivity index (χ0n) is 22.2. The molecular formula is C34H23Br2FN2O2S. The molecule has 4 nitrogen and oxygen atoms in total. The maximum absolute atomic E-state index is 14.0. The van der Waals surface area contributed by atoms with E-state index < -0.39 is 0 Å². The topological polar surface area (TPSA) is 43.6 Å². The van der Waals surface area contributed by atoms with Crippen molar-refractivity contribution in [2.24, 2.45) is 4.99 Å². The van der Waals surface area contributed by atoms with E-state index in [0.29, 0.717) is 21.7 Å². The van der Waals surface area contributed by atoms with Gasteiger partial charge in [-0.25, -0.2) is 9.38 Å². The average Bonchev–Trinajstić information content (AvgIpc) is 3.30. The summed E-state index contributed by atoms with van der Waals surface area (Å²) in [5.41, 5.74) is 7.03. The highest BCUT2D eigenvalue weighted by atomic mass is 79.9. The van der Waals surface area contributed by atoms with Crippen LogP contribution in [0.5, 0.6) is 5.75 Å². The van der Waals surface area contributed by atoms with E-state index in [1.54, 1.807) is 16.7 Å². The summed E-state index contributed by atoms with van der Waals surface area (Å²) in [6.45, 7) is 0.438. The number of halogens is 3. The number of aryl methyl sites for hydroxylation is 1. The summed E-state index contributed by atoms with van der Waals surface area (Å²) in [6, 6.07) is 28.3. The van der Waals surface area contributed by atoms with Gasteiger partial charge >= 0.3 is 0 Å². The molecule has 2 aliphatic rings. The summed E-state index contributed by atoms with van der Waals surface area (Å²) in [4.78, 5) is 19.7. The van der Waals surface area contributed by atoms with Gasteiger partial charge in [-0.15, -0.1) is 0 Å². The van der Waals surface area contributed by atoms with Crippen LogP contribution in [0.25, 0.3) is 11.8 Å². The van der Waals surface area contributed by atoms with Crippen LogP contribution in [0.15, 0.2) is 115 Å². The summed E-state index contributed by atoms with van der Waals surface area (Å²) < 4.78 is 23.9. The van der Waals surface area contributed by atoms with Crippen LogP contribution in [-0.4, -0.2) is 4.57 Å². The van der Waals surface area contributed by atoms with Gasteiger partial charge in [-0.3, -0.25) is 9.36 Å². The lowest BCUT2D eigenvalue weighted by Gasteiger charge is -2.30. The zero-order chi connectivity index (χ0) is 28.8. The van der Waals surface area contributed by atoms with Gasteiger partial charge in [-0.05, 0) is 103 Å². The van der Waals surface area contributed by atoms with Gasteiger partial charge in [0, 0.05) is 5.56 Å². The molecule has 1 aromatic heterocycles. The van der Waals surface area contributed by atoms with Gasteiger partial charge in [-0.2, -0.15) is 0 Å². The first-order chi connectivity index (χ1) is 20.5. The number of ether oxygens (including phenoxy) is 1. The van der Waals surface area contributed by atoms with Crippen LogP contribution in [0.3, 0.4) is 0 Å². The molecule has 0 saturated carbocycles. The maximum Gasteiger partial charge on any atom is 0.271 e. The van der Waals surface area contributed by atoms with Gasteiger partial charge in [-0.1, -0.05) is 78.1 Å². The molecule has 1 aliphatic heterocycles. The second-order valence-corrected chi connectivity index (χ2v) is 13.0. The number of aromatic nitrogens is 1. The van der Waals surface area contributed by atoms with Crippen molar-refractivity contribution in [2.75, 3.05) is 0 Å². The average molecular weight is 702 g/mol. The van der Waals surface area contributed by atoms with Crippen LogP contribution >= 0.6 is 43.2 Å². The lowest BCUT2D eigenvalue weighted by atomic mass is 9.83. The van der Waals surface area contributed by atoms with Crippen molar-refractivity contribution >= 4 is 55.0 Å².